The van der Waals surface area contributed by atoms with Crippen LogP contribution in [0.25, 0.3) is 0 Å². The van der Waals surface area contributed by atoms with Gasteiger partial charge in [0, 0.05) is 13.1 Å². The second-order valence-corrected chi connectivity index (χ2v) is 8.65. The van der Waals surface area contributed by atoms with Crippen LogP contribution in [0, 0.1) is 11.8 Å². The first-order valence-corrected chi connectivity index (χ1v) is 9.40. The van der Waals surface area contributed by atoms with Gasteiger partial charge in [-0.2, -0.15) is 0 Å². The van der Waals surface area contributed by atoms with E-state index < -0.39 is 9.84 Å². The largest absolute Gasteiger partial charge is 0.341 e. The summed E-state index contributed by atoms with van der Waals surface area (Å²) in [6.07, 6.45) is 3.33. The van der Waals surface area contributed by atoms with Crippen molar-refractivity contribution < 1.29 is 13.2 Å². The zero-order valence-corrected chi connectivity index (χ0v) is 13.3. The molecule has 2 fully saturated rings. The van der Waals surface area contributed by atoms with Crippen molar-refractivity contribution in [3.63, 3.8) is 0 Å². The Kier molecular flexibility index (Phi) is 5.07. The summed E-state index contributed by atoms with van der Waals surface area (Å²) in [5.74, 6) is 1.64. The number of nitrogens with zero attached hydrogens (tertiary/aromatic N) is 1. The van der Waals surface area contributed by atoms with E-state index in [0.29, 0.717) is 24.7 Å². The third-order valence-corrected chi connectivity index (χ3v) is 6.36. The lowest BCUT2D eigenvalue weighted by Crippen LogP contribution is -2.46. The summed E-state index contributed by atoms with van der Waals surface area (Å²) in [7, 11) is -0.978. The molecule has 0 bridgehead atoms. The van der Waals surface area contributed by atoms with Crippen LogP contribution in [0.5, 0.6) is 0 Å². The Hall–Kier alpha value is -0.620. The Morgan fingerprint density at radius 2 is 1.90 bits per heavy atom. The molecule has 2 unspecified atom stereocenters. The highest BCUT2D eigenvalue weighted by molar-refractivity contribution is 7.91. The lowest BCUT2D eigenvalue weighted by molar-refractivity contribution is -0.133. The lowest BCUT2D eigenvalue weighted by atomic mass is 10.0. The van der Waals surface area contributed by atoms with E-state index in [9.17, 15) is 13.2 Å². The van der Waals surface area contributed by atoms with Crippen molar-refractivity contribution in [3.05, 3.63) is 0 Å². The van der Waals surface area contributed by atoms with Gasteiger partial charge in [0.05, 0.1) is 17.5 Å². The normalized spacial score (nSPS) is 32.1. The van der Waals surface area contributed by atoms with E-state index in [1.807, 2.05) is 11.9 Å². The number of nitrogens with one attached hydrogen (secondary N) is 1. The zero-order chi connectivity index (χ0) is 14.8. The molecule has 0 spiro atoms. The maximum Gasteiger partial charge on any atom is 0.239 e. The maximum atomic E-state index is 12.5. The van der Waals surface area contributed by atoms with E-state index in [1.54, 1.807) is 0 Å². The van der Waals surface area contributed by atoms with Gasteiger partial charge in [-0.25, -0.2) is 8.42 Å². The van der Waals surface area contributed by atoms with E-state index in [-0.39, 0.29) is 23.5 Å². The summed E-state index contributed by atoms with van der Waals surface area (Å²) >= 11 is 0. The van der Waals surface area contributed by atoms with Crippen molar-refractivity contribution in [2.24, 2.45) is 11.8 Å². The topological polar surface area (TPSA) is 66.5 Å². The van der Waals surface area contributed by atoms with E-state index in [0.717, 1.165) is 25.9 Å². The molecule has 0 radical (unpaired) electrons. The Labute approximate surface area is 122 Å². The van der Waals surface area contributed by atoms with Gasteiger partial charge in [-0.3, -0.25) is 4.79 Å². The highest BCUT2D eigenvalue weighted by Gasteiger charge is 2.31. The van der Waals surface area contributed by atoms with Crippen LogP contribution >= 0.6 is 0 Å². The number of sulfone groups is 1. The number of likely N-dealkylation sites (N-methyl/N-ethyl adjacent to an activating group) is 1. The highest BCUT2D eigenvalue weighted by Crippen LogP contribution is 2.23. The summed E-state index contributed by atoms with van der Waals surface area (Å²) < 4.78 is 22.9. The van der Waals surface area contributed by atoms with Crippen LogP contribution in [-0.4, -0.2) is 56.9 Å². The summed E-state index contributed by atoms with van der Waals surface area (Å²) in [6, 6.07) is -0.0835. The van der Waals surface area contributed by atoms with Crippen LogP contribution in [0.15, 0.2) is 0 Å². The van der Waals surface area contributed by atoms with Gasteiger partial charge < -0.3 is 10.2 Å². The standard InChI is InChI=1S/C14H26N2O3S/c1-11-3-6-16(14(17)13(9-11)15-2)10-12-4-7-20(18,19)8-5-12/h11-13,15H,3-10H2,1-2H3. The molecule has 0 aromatic heterocycles. The molecule has 2 aliphatic rings. The highest BCUT2D eigenvalue weighted by atomic mass is 32.2. The van der Waals surface area contributed by atoms with Gasteiger partial charge in [0.25, 0.3) is 0 Å². The average Bonchev–Trinajstić information content (AvgIpc) is 2.53. The first-order chi connectivity index (χ1) is 9.41. The fourth-order valence-electron chi connectivity index (χ4n) is 3.18. The van der Waals surface area contributed by atoms with Gasteiger partial charge in [-0.05, 0) is 44.6 Å². The van der Waals surface area contributed by atoms with Gasteiger partial charge in [-0.1, -0.05) is 6.92 Å². The monoisotopic (exact) mass is 302 g/mol. The molecule has 0 aromatic carbocycles. The number of carbonyl (C=O) groups excluding carboxylic acids is 1. The van der Waals surface area contributed by atoms with Crippen molar-refractivity contribution in [2.75, 3.05) is 31.6 Å². The van der Waals surface area contributed by atoms with Crippen LogP contribution < -0.4 is 5.32 Å². The molecule has 0 saturated carbocycles. The molecule has 2 saturated heterocycles. The third kappa shape index (κ3) is 3.95. The summed E-state index contributed by atoms with van der Waals surface area (Å²) in [5, 5.41) is 3.12. The van der Waals surface area contributed by atoms with E-state index in [2.05, 4.69) is 12.2 Å². The molecule has 2 atom stereocenters. The molecule has 2 aliphatic heterocycles. The smallest absolute Gasteiger partial charge is 0.239 e. The second-order valence-electron chi connectivity index (χ2n) is 6.35. The summed E-state index contributed by atoms with van der Waals surface area (Å²) in [6.45, 7) is 3.72. The predicted octanol–water partition coefficient (Wildman–Crippen LogP) is 0.658. The molecule has 1 amide bonds. The molecule has 20 heavy (non-hydrogen) atoms. The molecular formula is C14H26N2O3S. The molecule has 0 aliphatic carbocycles. The van der Waals surface area contributed by atoms with E-state index in [4.69, 9.17) is 0 Å². The first kappa shape index (κ1) is 15.8. The number of amides is 1. The fourth-order valence-corrected chi connectivity index (χ4v) is 4.77. The van der Waals surface area contributed by atoms with Crippen LogP contribution in [-0.2, 0) is 14.6 Å². The van der Waals surface area contributed by atoms with E-state index in [1.165, 1.54) is 0 Å². The molecule has 5 nitrogen and oxygen atoms in total. The van der Waals surface area contributed by atoms with Crippen LogP contribution in [0.2, 0.25) is 0 Å². The quantitative estimate of drug-likeness (QED) is 0.831. The summed E-state index contributed by atoms with van der Waals surface area (Å²) in [4.78, 5) is 14.4. The maximum absolute atomic E-state index is 12.5. The summed E-state index contributed by atoms with van der Waals surface area (Å²) in [5.41, 5.74) is 0. The first-order valence-electron chi connectivity index (χ1n) is 7.58. The average molecular weight is 302 g/mol. The van der Waals surface area contributed by atoms with Gasteiger partial charge in [0.15, 0.2) is 0 Å². The Morgan fingerprint density at radius 3 is 2.50 bits per heavy atom. The number of rotatable bonds is 3. The molecule has 1 N–H and O–H groups in total. The van der Waals surface area contributed by atoms with Gasteiger partial charge in [-0.15, -0.1) is 0 Å². The van der Waals surface area contributed by atoms with E-state index >= 15 is 0 Å². The minimum Gasteiger partial charge on any atom is -0.341 e. The van der Waals surface area contributed by atoms with Gasteiger partial charge in [0.2, 0.25) is 5.91 Å². The fraction of sp³-hybridized carbons (Fsp3) is 0.929. The van der Waals surface area contributed by atoms with Crippen LogP contribution in [0.4, 0.5) is 0 Å². The number of hydrogen-bond donors (Lipinski definition) is 1. The Morgan fingerprint density at radius 1 is 1.25 bits per heavy atom. The third-order valence-electron chi connectivity index (χ3n) is 4.64. The minimum absolute atomic E-state index is 0.0835. The Balaban J connectivity index is 1.95. The molecule has 116 valence electrons. The Bertz CT molecular complexity index is 435. The molecule has 2 heterocycles. The van der Waals surface area contributed by atoms with Crippen LogP contribution in [0.1, 0.15) is 32.6 Å². The SMILES string of the molecule is CNC1CC(C)CCN(CC2CCS(=O)(=O)CC2)C1=O. The van der Waals surface area contributed by atoms with Gasteiger partial charge >= 0.3 is 0 Å². The van der Waals surface area contributed by atoms with Gasteiger partial charge in [0.1, 0.15) is 9.84 Å². The molecule has 0 aromatic rings. The number of likely N-dealkylation sites (tertiary alicyclic amines) is 1. The van der Waals surface area contributed by atoms with Crippen molar-refractivity contribution in [2.45, 2.75) is 38.6 Å². The second kappa shape index (κ2) is 6.43. The lowest BCUT2D eigenvalue weighted by Gasteiger charge is -2.30. The number of carbonyl (C=O) groups is 1. The minimum atomic E-state index is -2.82. The number of hydrogen-bond acceptors (Lipinski definition) is 4. The van der Waals surface area contributed by atoms with Crippen molar-refractivity contribution >= 4 is 15.7 Å². The van der Waals surface area contributed by atoms with Crippen molar-refractivity contribution in [3.8, 4) is 0 Å². The molecular weight excluding hydrogens is 276 g/mol. The van der Waals surface area contributed by atoms with Crippen LogP contribution in [0.3, 0.4) is 0 Å². The molecule has 6 heteroatoms. The van der Waals surface area contributed by atoms with Crippen molar-refractivity contribution in [1.29, 1.82) is 0 Å². The predicted molar refractivity (Wildman–Crippen MR) is 79.2 cm³/mol. The molecule has 2 rings (SSSR count). The zero-order valence-electron chi connectivity index (χ0n) is 12.5. The van der Waals surface area contributed by atoms with Crippen molar-refractivity contribution in [1.82, 2.24) is 10.2 Å².